The minimum atomic E-state index is -0.255. The summed E-state index contributed by atoms with van der Waals surface area (Å²) in [6.45, 7) is 24.4. The molecule has 10 rings (SSSR count). The number of rotatable bonds is 7. The minimum Gasteiger partial charge on any atom is -0.355 e. The van der Waals surface area contributed by atoms with Crippen molar-refractivity contribution in [2.75, 3.05) is 10.2 Å². The van der Waals surface area contributed by atoms with E-state index in [1.807, 2.05) is 0 Å². The number of nitrogens with one attached hydrogen (secondary N) is 1. The second kappa shape index (κ2) is 15.8. The molecule has 0 radical (unpaired) electrons. The van der Waals surface area contributed by atoms with E-state index in [0.29, 0.717) is 5.92 Å². The molecule has 6 aromatic rings. The summed E-state index contributed by atoms with van der Waals surface area (Å²) < 4.78 is 0. The van der Waals surface area contributed by atoms with Crippen molar-refractivity contribution in [1.82, 2.24) is 0 Å². The van der Waals surface area contributed by atoms with Gasteiger partial charge in [-0.1, -0.05) is 177 Å². The quantitative estimate of drug-likeness (QED) is 0.161. The highest BCUT2D eigenvalue weighted by Gasteiger charge is 2.42. The van der Waals surface area contributed by atoms with E-state index in [2.05, 4.69) is 225 Å². The molecule has 6 aromatic carbocycles. The molecule has 1 aliphatic heterocycles. The van der Waals surface area contributed by atoms with Gasteiger partial charge < -0.3 is 10.2 Å². The summed E-state index contributed by atoms with van der Waals surface area (Å²) in [5, 5.41) is 4.12. The Hall–Kier alpha value is -5.54. The zero-order chi connectivity index (χ0) is 45.5. The van der Waals surface area contributed by atoms with Crippen LogP contribution in [0.3, 0.4) is 0 Å². The van der Waals surface area contributed by atoms with Gasteiger partial charge in [0.25, 0.3) is 0 Å². The lowest BCUT2D eigenvalue weighted by Gasteiger charge is -2.45. The molecule has 0 saturated heterocycles. The van der Waals surface area contributed by atoms with Gasteiger partial charge in [0.05, 0.1) is 0 Å². The maximum Gasteiger partial charge on any atom is 0.198 e. The van der Waals surface area contributed by atoms with Crippen molar-refractivity contribution < 1.29 is 0 Å². The van der Waals surface area contributed by atoms with Crippen LogP contribution in [0.1, 0.15) is 140 Å². The van der Waals surface area contributed by atoms with Gasteiger partial charge in [-0.25, -0.2) is 0 Å². The Morgan fingerprint density at radius 2 is 1.20 bits per heavy atom. The third-order valence-corrected chi connectivity index (χ3v) is 16.7. The molecular weight excluding hydrogens is 784 g/mol. The predicted molar refractivity (Wildman–Crippen MR) is 282 cm³/mol. The van der Waals surface area contributed by atoms with Crippen molar-refractivity contribution >= 4 is 46.6 Å². The first kappa shape index (κ1) is 43.4. The Bertz CT molecular complexity index is 2870. The van der Waals surface area contributed by atoms with E-state index >= 15 is 0 Å². The lowest BCUT2D eigenvalue weighted by molar-refractivity contribution is 0.332. The Balaban J connectivity index is 1.16. The first-order valence-corrected chi connectivity index (χ1v) is 24.6. The molecule has 2 unspecified atom stereocenters. The number of para-hydroxylation sites is 2. The smallest absolute Gasteiger partial charge is 0.198 e. The first-order chi connectivity index (χ1) is 31.0. The van der Waals surface area contributed by atoms with E-state index < -0.39 is 0 Å². The number of hydrogen-bond acceptors (Lipinski definition) is 2. The normalized spacial score (nSPS) is 20.5. The van der Waals surface area contributed by atoms with Gasteiger partial charge in [0, 0.05) is 39.4 Å². The third-order valence-electron chi connectivity index (χ3n) is 16.7. The standard InChI is InChI=1S/C62H69BN2/c1-41-36-46(45-26-18-20-28-53(45)64-54-29-21-19-27-48(54)62(10,43-24-16-13-17-25-43)42-22-14-11-12-15-23-42)57-56(37-41)65(44-30-31-47-49(38-44)59(4,5)33-32-58(47,2)3)55-40-51-50(39-52(55)63-57)60(6,7)34-35-61(51,8)9/h11-14,16-22,24-31,36-40,42,63-64H,15,23,32-35H2,1-10H3. The molecule has 3 aliphatic carbocycles. The zero-order valence-electron chi connectivity index (χ0n) is 40.8. The summed E-state index contributed by atoms with van der Waals surface area (Å²) in [6.07, 6.45) is 16.2. The molecule has 1 heterocycles. The van der Waals surface area contributed by atoms with Crippen molar-refractivity contribution in [3.8, 4) is 11.1 Å². The van der Waals surface area contributed by atoms with Gasteiger partial charge in [0.2, 0.25) is 0 Å². The van der Waals surface area contributed by atoms with Crippen LogP contribution in [0.25, 0.3) is 11.1 Å². The summed E-state index contributed by atoms with van der Waals surface area (Å²) >= 11 is 0. The van der Waals surface area contributed by atoms with E-state index in [0.717, 1.165) is 31.5 Å². The second-order valence-corrected chi connectivity index (χ2v) is 22.9. The minimum absolute atomic E-state index is 0.100. The van der Waals surface area contributed by atoms with Gasteiger partial charge in [0.1, 0.15) is 0 Å². The number of nitrogens with zero attached hydrogens (tertiary/aromatic N) is 1. The molecule has 0 amide bonds. The highest BCUT2D eigenvalue weighted by molar-refractivity contribution is 6.73. The van der Waals surface area contributed by atoms with Gasteiger partial charge in [0.15, 0.2) is 7.28 Å². The van der Waals surface area contributed by atoms with Crippen LogP contribution in [0, 0.1) is 12.8 Å². The summed E-state index contributed by atoms with van der Waals surface area (Å²) in [7, 11) is 0.878. The molecular formula is C62H69BN2. The number of anilines is 5. The molecule has 4 aliphatic rings. The van der Waals surface area contributed by atoms with Crippen LogP contribution in [0.15, 0.2) is 146 Å². The van der Waals surface area contributed by atoms with Crippen LogP contribution in [-0.2, 0) is 27.1 Å². The lowest BCUT2D eigenvalue weighted by Crippen LogP contribution is -2.44. The molecule has 0 spiro atoms. The molecule has 0 fully saturated rings. The summed E-state index contributed by atoms with van der Waals surface area (Å²) in [4.78, 5) is 2.66. The molecule has 0 bridgehead atoms. The van der Waals surface area contributed by atoms with Crippen molar-refractivity contribution in [3.63, 3.8) is 0 Å². The van der Waals surface area contributed by atoms with Gasteiger partial charge in [-0.2, -0.15) is 0 Å². The van der Waals surface area contributed by atoms with Gasteiger partial charge in [-0.15, -0.1) is 0 Å². The number of benzene rings is 6. The lowest BCUT2D eigenvalue weighted by atomic mass is 9.55. The summed E-state index contributed by atoms with van der Waals surface area (Å²) in [5.74, 6) is 0.328. The van der Waals surface area contributed by atoms with Crippen molar-refractivity contribution in [3.05, 3.63) is 185 Å². The second-order valence-electron chi connectivity index (χ2n) is 22.9. The number of hydrogen-bond donors (Lipinski definition) is 1. The fourth-order valence-electron chi connectivity index (χ4n) is 12.3. The molecule has 0 saturated carbocycles. The Kier molecular flexibility index (Phi) is 10.6. The first-order valence-electron chi connectivity index (χ1n) is 24.6. The molecule has 330 valence electrons. The molecule has 2 atom stereocenters. The van der Waals surface area contributed by atoms with E-state index in [4.69, 9.17) is 0 Å². The van der Waals surface area contributed by atoms with Gasteiger partial charge in [-0.3, -0.25) is 0 Å². The average Bonchev–Trinajstić information content (AvgIpc) is 3.59. The molecule has 65 heavy (non-hydrogen) atoms. The van der Waals surface area contributed by atoms with Crippen molar-refractivity contribution in [2.24, 2.45) is 5.92 Å². The molecule has 2 nitrogen and oxygen atoms in total. The van der Waals surface area contributed by atoms with Gasteiger partial charge >= 0.3 is 0 Å². The summed E-state index contributed by atoms with van der Waals surface area (Å²) in [5.41, 5.74) is 21.7. The van der Waals surface area contributed by atoms with Crippen LogP contribution in [0.4, 0.5) is 28.4 Å². The zero-order valence-corrected chi connectivity index (χ0v) is 40.8. The largest absolute Gasteiger partial charge is 0.355 e. The Morgan fingerprint density at radius 1 is 0.585 bits per heavy atom. The number of aryl methyl sites for hydroxylation is 1. The van der Waals surface area contributed by atoms with Gasteiger partial charge in [-0.05, 0) is 159 Å². The monoisotopic (exact) mass is 853 g/mol. The van der Waals surface area contributed by atoms with E-state index in [1.54, 1.807) is 0 Å². The highest BCUT2D eigenvalue weighted by atomic mass is 15.2. The highest BCUT2D eigenvalue weighted by Crippen LogP contribution is 2.52. The van der Waals surface area contributed by atoms with Crippen LogP contribution < -0.4 is 21.1 Å². The molecule has 1 N–H and O–H groups in total. The third kappa shape index (κ3) is 7.42. The molecule has 3 heteroatoms. The molecule has 0 aromatic heterocycles. The van der Waals surface area contributed by atoms with Crippen LogP contribution >= 0.6 is 0 Å². The number of fused-ring (bicyclic) bond motifs is 4. The van der Waals surface area contributed by atoms with Crippen LogP contribution in [0.2, 0.25) is 0 Å². The maximum absolute atomic E-state index is 4.12. The van der Waals surface area contributed by atoms with Crippen LogP contribution in [0.5, 0.6) is 0 Å². The Labute approximate surface area is 391 Å². The van der Waals surface area contributed by atoms with Crippen molar-refractivity contribution in [2.45, 2.75) is 135 Å². The average molecular weight is 853 g/mol. The number of allylic oxidation sites excluding steroid dienone is 4. The van der Waals surface area contributed by atoms with Crippen molar-refractivity contribution in [1.29, 1.82) is 0 Å². The van der Waals surface area contributed by atoms with E-state index in [-0.39, 0.29) is 27.1 Å². The predicted octanol–water partition coefficient (Wildman–Crippen LogP) is 15.1. The maximum atomic E-state index is 4.12. The summed E-state index contributed by atoms with van der Waals surface area (Å²) in [6, 6.07) is 46.9. The fourth-order valence-corrected chi connectivity index (χ4v) is 12.3. The van der Waals surface area contributed by atoms with Crippen LogP contribution in [-0.4, -0.2) is 7.28 Å². The SMILES string of the molecule is Cc1cc(-c2ccccc2Nc2ccccc2C(C)(c2ccccc2)C2C=CC=CCC2)c2c(c1)N(c1ccc3c(c1)C(C)(C)CCC3(C)C)c1cc3c(cc1B2)C(C)(C)CCC3(C)C. The van der Waals surface area contributed by atoms with E-state index in [1.165, 1.54) is 104 Å². The van der Waals surface area contributed by atoms with E-state index in [9.17, 15) is 0 Å². The topological polar surface area (TPSA) is 15.3 Å². The Morgan fingerprint density at radius 3 is 1.92 bits per heavy atom. The fraction of sp³-hybridized carbons (Fsp3) is 0.355.